The van der Waals surface area contributed by atoms with Gasteiger partial charge in [-0.05, 0) is 31.5 Å². The van der Waals surface area contributed by atoms with Crippen molar-refractivity contribution in [1.29, 1.82) is 0 Å². The number of aromatic nitrogens is 1. The van der Waals surface area contributed by atoms with E-state index in [9.17, 15) is 9.59 Å². The van der Waals surface area contributed by atoms with Gasteiger partial charge >= 0.3 is 5.97 Å². The van der Waals surface area contributed by atoms with Gasteiger partial charge < -0.3 is 29.8 Å². The molecule has 2 aromatic rings. The summed E-state index contributed by atoms with van der Waals surface area (Å²) in [6, 6.07) is 5.36. The zero-order valence-electron chi connectivity index (χ0n) is 13.7. The molecule has 3 N–H and O–H groups in total. The fourth-order valence-corrected chi connectivity index (χ4v) is 2.29. The van der Waals surface area contributed by atoms with Gasteiger partial charge in [-0.3, -0.25) is 4.79 Å². The lowest BCUT2D eigenvalue weighted by molar-refractivity contribution is -0.129. The molecule has 0 saturated heterocycles. The van der Waals surface area contributed by atoms with Crippen LogP contribution in [-0.4, -0.2) is 29.9 Å². The van der Waals surface area contributed by atoms with Gasteiger partial charge in [-0.15, -0.1) is 0 Å². The number of amides is 1. The van der Waals surface area contributed by atoms with E-state index in [1.165, 1.54) is 6.92 Å². The van der Waals surface area contributed by atoms with Crippen LogP contribution in [0.2, 0.25) is 0 Å². The summed E-state index contributed by atoms with van der Waals surface area (Å²) in [4.78, 5) is 24.2. The highest BCUT2D eigenvalue weighted by Crippen LogP contribution is 2.32. The van der Waals surface area contributed by atoms with E-state index < -0.39 is 18.0 Å². The molecular weight excluding hydrogens is 330 g/mol. The molecule has 1 aliphatic rings. The zero-order valence-corrected chi connectivity index (χ0v) is 13.7. The molecular formula is C16H17N3O6. The molecule has 1 amide bonds. The number of nitrogen functional groups attached to an aromatic ring is 1. The average Bonchev–Trinajstić information content (AvgIpc) is 3.18. The van der Waals surface area contributed by atoms with Crippen molar-refractivity contribution in [3.63, 3.8) is 0 Å². The molecule has 0 spiro atoms. The van der Waals surface area contributed by atoms with Crippen LogP contribution in [0.1, 0.15) is 28.5 Å². The Morgan fingerprint density at radius 2 is 2.12 bits per heavy atom. The number of nitrogens with zero attached hydrogens (tertiary/aromatic N) is 1. The maximum absolute atomic E-state index is 12.1. The molecule has 0 unspecified atom stereocenters. The normalized spacial score (nSPS) is 13.4. The number of benzene rings is 1. The second-order valence-corrected chi connectivity index (χ2v) is 5.46. The van der Waals surface area contributed by atoms with E-state index in [0.29, 0.717) is 17.2 Å². The molecule has 3 rings (SSSR count). The Morgan fingerprint density at radius 1 is 1.36 bits per heavy atom. The van der Waals surface area contributed by atoms with Gasteiger partial charge in [0.05, 0.1) is 5.69 Å². The lowest BCUT2D eigenvalue weighted by Gasteiger charge is -2.13. The molecule has 1 aromatic heterocycles. The number of anilines is 1. The lowest BCUT2D eigenvalue weighted by atomic mass is 10.2. The van der Waals surface area contributed by atoms with Crippen LogP contribution in [0.4, 0.5) is 5.88 Å². The molecule has 132 valence electrons. The highest BCUT2D eigenvalue weighted by atomic mass is 16.7. The summed E-state index contributed by atoms with van der Waals surface area (Å²) in [6.45, 7) is 3.46. The first kappa shape index (κ1) is 16.6. The Labute approximate surface area is 143 Å². The van der Waals surface area contributed by atoms with Crippen LogP contribution < -0.4 is 20.5 Å². The van der Waals surface area contributed by atoms with Gasteiger partial charge in [-0.2, -0.15) is 0 Å². The first-order chi connectivity index (χ1) is 12.0. The van der Waals surface area contributed by atoms with Crippen LogP contribution in [0.15, 0.2) is 22.7 Å². The third-order valence-corrected chi connectivity index (χ3v) is 3.65. The first-order valence-corrected chi connectivity index (χ1v) is 7.54. The Bertz CT molecular complexity index is 797. The van der Waals surface area contributed by atoms with Gasteiger partial charge in [0.25, 0.3) is 5.91 Å². The van der Waals surface area contributed by atoms with Crippen LogP contribution in [0, 0.1) is 6.92 Å². The Balaban J connectivity index is 1.55. The van der Waals surface area contributed by atoms with Crippen molar-refractivity contribution in [1.82, 2.24) is 10.5 Å². The van der Waals surface area contributed by atoms with Gasteiger partial charge in [-0.1, -0.05) is 11.2 Å². The predicted octanol–water partition coefficient (Wildman–Crippen LogP) is 1.16. The minimum absolute atomic E-state index is 0.0235. The van der Waals surface area contributed by atoms with Crippen molar-refractivity contribution in [2.24, 2.45) is 0 Å². The molecule has 25 heavy (non-hydrogen) atoms. The molecule has 1 aliphatic heterocycles. The summed E-state index contributed by atoms with van der Waals surface area (Å²) < 4.78 is 20.3. The molecule has 0 fully saturated rings. The SMILES string of the molecule is Cc1noc(N)c1C(=O)O[C@@H](C)C(=O)NCc1ccc2c(c1)OCO2. The summed E-state index contributed by atoms with van der Waals surface area (Å²) in [7, 11) is 0. The quantitative estimate of drug-likeness (QED) is 0.772. The van der Waals surface area contributed by atoms with Crippen molar-refractivity contribution < 1.29 is 28.3 Å². The van der Waals surface area contributed by atoms with Gasteiger partial charge in [0.1, 0.15) is 5.56 Å². The molecule has 1 aromatic carbocycles. The number of rotatable bonds is 5. The Morgan fingerprint density at radius 3 is 2.84 bits per heavy atom. The highest BCUT2D eigenvalue weighted by Gasteiger charge is 2.24. The van der Waals surface area contributed by atoms with Gasteiger partial charge in [0.2, 0.25) is 12.7 Å². The number of carbonyl (C=O) groups is 2. The largest absolute Gasteiger partial charge is 0.454 e. The van der Waals surface area contributed by atoms with Gasteiger partial charge in [-0.25, -0.2) is 4.79 Å². The predicted molar refractivity (Wildman–Crippen MR) is 84.9 cm³/mol. The summed E-state index contributed by atoms with van der Waals surface area (Å²) in [5, 5.41) is 6.26. The van der Waals surface area contributed by atoms with E-state index in [0.717, 1.165) is 5.56 Å². The average molecular weight is 347 g/mol. The summed E-state index contributed by atoms with van der Waals surface area (Å²) in [6.07, 6.45) is -1.00. The van der Waals surface area contributed by atoms with Gasteiger partial charge in [0, 0.05) is 6.54 Å². The maximum Gasteiger partial charge on any atom is 0.346 e. The highest BCUT2D eigenvalue weighted by molar-refractivity contribution is 5.96. The topological polar surface area (TPSA) is 126 Å². The molecule has 0 saturated carbocycles. The lowest BCUT2D eigenvalue weighted by Crippen LogP contribution is -2.35. The minimum Gasteiger partial charge on any atom is -0.454 e. The number of hydrogen-bond acceptors (Lipinski definition) is 8. The number of carbonyl (C=O) groups excluding carboxylic acids is 2. The Kier molecular flexibility index (Phi) is 4.46. The fourth-order valence-electron chi connectivity index (χ4n) is 2.29. The van der Waals surface area contributed by atoms with Crippen molar-refractivity contribution in [3.8, 4) is 11.5 Å². The van der Waals surface area contributed by atoms with Crippen LogP contribution in [0.3, 0.4) is 0 Å². The fraction of sp³-hybridized carbons (Fsp3) is 0.312. The molecule has 9 nitrogen and oxygen atoms in total. The number of aryl methyl sites for hydroxylation is 1. The molecule has 1 atom stereocenters. The molecule has 9 heteroatoms. The maximum atomic E-state index is 12.1. The third-order valence-electron chi connectivity index (χ3n) is 3.65. The van der Waals surface area contributed by atoms with Crippen LogP contribution in [0.5, 0.6) is 11.5 Å². The van der Waals surface area contributed by atoms with Crippen LogP contribution in [0.25, 0.3) is 0 Å². The minimum atomic E-state index is -1.00. The van der Waals surface area contributed by atoms with E-state index in [1.54, 1.807) is 19.1 Å². The van der Waals surface area contributed by atoms with Crippen molar-refractivity contribution in [2.75, 3.05) is 12.5 Å². The Hall–Kier alpha value is -3.23. The molecule has 0 bridgehead atoms. The van der Waals surface area contributed by atoms with Gasteiger partial charge in [0.15, 0.2) is 17.6 Å². The number of fused-ring (bicyclic) bond motifs is 1. The van der Waals surface area contributed by atoms with Crippen LogP contribution in [-0.2, 0) is 16.1 Å². The second kappa shape index (κ2) is 6.71. The van der Waals surface area contributed by atoms with Crippen molar-refractivity contribution >= 4 is 17.8 Å². The summed E-state index contributed by atoms with van der Waals surface area (Å²) in [5.41, 5.74) is 6.67. The molecule has 2 heterocycles. The smallest absolute Gasteiger partial charge is 0.346 e. The summed E-state index contributed by atoms with van der Waals surface area (Å²) in [5.74, 6) is -0.0557. The zero-order chi connectivity index (χ0) is 18.0. The van der Waals surface area contributed by atoms with Crippen LogP contribution >= 0.6 is 0 Å². The number of esters is 1. The first-order valence-electron chi connectivity index (χ1n) is 7.54. The number of nitrogens with two attached hydrogens (primary N) is 1. The van der Waals surface area contributed by atoms with Crippen molar-refractivity contribution in [3.05, 3.63) is 35.0 Å². The van der Waals surface area contributed by atoms with E-state index in [4.69, 9.17) is 24.5 Å². The number of ether oxygens (including phenoxy) is 3. The van der Waals surface area contributed by atoms with E-state index in [2.05, 4.69) is 10.5 Å². The summed E-state index contributed by atoms with van der Waals surface area (Å²) >= 11 is 0. The van der Waals surface area contributed by atoms with E-state index in [-0.39, 0.29) is 24.8 Å². The van der Waals surface area contributed by atoms with E-state index >= 15 is 0 Å². The van der Waals surface area contributed by atoms with Crippen molar-refractivity contribution in [2.45, 2.75) is 26.5 Å². The standard InChI is InChI=1S/C16H17N3O6/c1-8-13(14(17)25-19-8)16(21)24-9(2)15(20)18-6-10-3-4-11-12(5-10)23-7-22-11/h3-5,9H,6-7,17H2,1-2H3,(H,18,20)/t9-/m0/s1. The molecule has 0 aliphatic carbocycles. The number of nitrogens with one attached hydrogen (secondary N) is 1. The second-order valence-electron chi connectivity index (χ2n) is 5.46. The third kappa shape index (κ3) is 3.49. The molecule has 0 radical (unpaired) electrons. The monoisotopic (exact) mass is 347 g/mol. The van der Waals surface area contributed by atoms with E-state index in [1.807, 2.05) is 6.07 Å². The number of hydrogen-bond donors (Lipinski definition) is 2.